The molecule has 10 rings (SSSR count). The van der Waals surface area contributed by atoms with E-state index in [9.17, 15) is 10.2 Å². The standard InChI is InChI=1S/2C23H25NO4S/c2*1-20(2,3)23-21(4,5)13-26-22(23,27-28-23)14-10-11-15(17(25)12-14)19-24-16-8-6-7-9-18(16)29-19/h2*6-12,25H,13H2,1-5H3/t2*22-,23-/m00/s1. The first-order chi connectivity index (χ1) is 27.2. The normalized spacial score (nSPS) is 28.3. The van der Waals surface area contributed by atoms with E-state index in [1.54, 1.807) is 34.8 Å². The highest BCUT2D eigenvalue weighted by molar-refractivity contribution is 7.22. The van der Waals surface area contributed by atoms with Crippen LogP contribution in [0, 0.1) is 21.7 Å². The summed E-state index contributed by atoms with van der Waals surface area (Å²) in [5.74, 6) is -1.78. The summed E-state index contributed by atoms with van der Waals surface area (Å²) in [7, 11) is 0. The molecule has 4 atom stereocenters. The van der Waals surface area contributed by atoms with Crippen molar-refractivity contribution < 1.29 is 39.2 Å². The van der Waals surface area contributed by atoms with Crippen LogP contribution in [0.2, 0.25) is 0 Å². The Balaban J connectivity index is 0.000000150. The van der Waals surface area contributed by atoms with Gasteiger partial charge in [-0.2, -0.15) is 9.78 Å². The number of aromatic hydroxyl groups is 2. The minimum Gasteiger partial charge on any atom is -0.507 e. The maximum Gasteiger partial charge on any atom is 0.261 e. The molecule has 0 unspecified atom stereocenters. The molecule has 0 aliphatic carbocycles. The zero-order valence-corrected chi connectivity index (χ0v) is 36.2. The molecule has 0 saturated carbocycles. The van der Waals surface area contributed by atoms with Crippen molar-refractivity contribution in [2.45, 2.75) is 92.0 Å². The summed E-state index contributed by atoms with van der Waals surface area (Å²) >= 11 is 3.12. The van der Waals surface area contributed by atoms with Crippen molar-refractivity contribution in [2.24, 2.45) is 21.7 Å². The molecule has 0 radical (unpaired) electrons. The van der Waals surface area contributed by atoms with Crippen molar-refractivity contribution in [3.8, 4) is 32.6 Å². The van der Waals surface area contributed by atoms with E-state index in [2.05, 4.69) is 79.2 Å². The predicted molar refractivity (Wildman–Crippen MR) is 225 cm³/mol. The summed E-state index contributed by atoms with van der Waals surface area (Å²) in [5.41, 5.74) is 2.42. The van der Waals surface area contributed by atoms with Crippen LogP contribution in [0.1, 0.15) is 80.4 Å². The van der Waals surface area contributed by atoms with E-state index in [1.807, 2.05) is 72.8 Å². The van der Waals surface area contributed by atoms with E-state index in [0.29, 0.717) is 24.3 Å². The molecule has 6 heterocycles. The van der Waals surface area contributed by atoms with Crippen LogP contribution in [0.5, 0.6) is 11.5 Å². The fraction of sp³-hybridized carbons (Fsp3) is 0.435. The second-order valence-corrected chi connectivity index (χ2v) is 21.3. The molecule has 10 nitrogen and oxygen atoms in total. The molecular formula is C46H50N2O8S2. The Morgan fingerprint density at radius 1 is 0.534 bits per heavy atom. The summed E-state index contributed by atoms with van der Waals surface area (Å²) in [6.45, 7) is 22.4. The lowest BCUT2D eigenvalue weighted by Gasteiger charge is -2.61. The number of phenolic OH excluding ortho intramolecular Hbond substituents is 2. The highest BCUT2D eigenvalue weighted by Gasteiger charge is 2.82. The quantitative estimate of drug-likeness (QED) is 0.166. The van der Waals surface area contributed by atoms with Gasteiger partial charge in [0.1, 0.15) is 21.5 Å². The number of benzene rings is 4. The highest BCUT2D eigenvalue weighted by Crippen LogP contribution is 2.70. The molecule has 2 aromatic heterocycles. The fourth-order valence-electron chi connectivity index (χ4n) is 10.3. The van der Waals surface area contributed by atoms with Crippen molar-refractivity contribution in [3.05, 3.63) is 96.1 Å². The Morgan fingerprint density at radius 2 is 0.914 bits per heavy atom. The molecule has 4 aliphatic heterocycles. The topological polar surface area (TPSA) is 122 Å². The molecule has 4 saturated heterocycles. The van der Waals surface area contributed by atoms with E-state index in [0.717, 1.165) is 41.6 Å². The SMILES string of the molecule is CC(C)(C)[C@@]12OO[C@]1(c1ccc(-c3nc4ccccc4s3)c(O)c1)OCC2(C)C.CC(C)(C)[C@@]12OO[C@]1(c1ccc(-c3nc4ccccc4s3)c(O)c1)OCC2(C)C. The Labute approximate surface area is 346 Å². The fourth-order valence-corrected chi connectivity index (χ4v) is 12.3. The number of fused-ring (bicyclic) bond motifs is 4. The summed E-state index contributed by atoms with van der Waals surface area (Å²) in [6, 6.07) is 27.1. The number of hydrogen-bond acceptors (Lipinski definition) is 12. The van der Waals surface area contributed by atoms with Gasteiger partial charge in [0.2, 0.25) is 0 Å². The van der Waals surface area contributed by atoms with Gasteiger partial charge >= 0.3 is 0 Å². The first-order valence-corrected chi connectivity index (χ1v) is 21.3. The van der Waals surface area contributed by atoms with Crippen LogP contribution in [0.4, 0.5) is 0 Å². The summed E-state index contributed by atoms with van der Waals surface area (Å²) in [6.07, 6.45) is 0. The molecule has 6 aromatic rings. The zero-order valence-electron chi connectivity index (χ0n) is 34.6. The van der Waals surface area contributed by atoms with Crippen LogP contribution in [0.3, 0.4) is 0 Å². The lowest BCUT2D eigenvalue weighted by molar-refractivity contribution is -0.626. The molecule has 0 bridgehead atoms. The largest absolute Gasteiger partial charge is 0.507 e. The maximum atomic E-state index is 10.9. The average Bonchev–Trinajstić information content (AvgIpc) is 3.82. The lowest BCUT2D eigenvalue weighted by atomic mass is 9.57. The Bertz CT molecular complexity index is 2340. The molecule has 58 heavy (non-hydrogen) atoms. The zero-order chi connectivity index (χ0) is 41.3. The predicted octanol–water partition coefficient (Wildman–Crippen LogP) is 11.2. The number of nitrogens with zero attached hydrogens (tertiary/aromatic N) is 2. The third-order valence-corrected chi connectivity index (χ3v) is 14.7. The first-order valence-electron chi connectivity index (χ1n) is 19.6. The van der Waals surface area contributed by atoms with Crippen molar-refractivity contribution in [1.29, 1.82) is 0 Å². The number of thiazole rings is 2. The van der Waals surface area contributed by atoms with Gasteiger partial charge in [-0.05, 0) is 48.5 Å². The van der Waals surface area contributed by atoms with Crippen LogP contribution >= 0.6 is 22.7 Å². The van der Waals surface area contributed by atoms with Gasteiger partial charge in [-0.15, -0.1) is 22.7 Å². The Hall–Kier alpha value is -3.98. The lowest BCUT2D eigenvalue weighted by Crippen LogP contribution is -2.73. The van der Waals surface area contributed by atoms with Gasteiger partial charge < -0.3 is 19.7 Å². The molecule has 2 N–H and O–H groups in total. The molecule has 304 valence electrons. The van der Waals surface area contributed by atoms with Crippen molar-refractivity contribution in [3.63, 3.8) is 0 Å². The molecule has 0 amide bonds. The Kier molecular flexibility index (Phi) is 8.69. The van der Waals surface area contributed by atoms with Gasteiger partial charge in [-0.3, -0.25) is 0 Å². The number of rotatable bonds is 4. The third kappa shape index (κ3) is 5.16. The number of hydrogen-bond donors (Lipinski definition) is 2. The van der Waals surface area contributed by atoms with E-state index >= 15 is 0 Å². The third-order valence-electron chi connectivity index (χ3n) is 12.6. The first kappa shape index (κ1) is 39.5. The van der Waals surface area contributed by atoms with Crippen molar-refractivity contribution in [2.75, 3.05) is 13.2 Å². The van der Waals surface area contributed by atoms with E-state index in [-0.39, 0.29) is 33.2 Å². The molecule has 0 spiro atoms. The molecule has 4 aromatic carbocycles. The summed E-state index contributed by atoms with van der Waals surface area (Å²) in [4.78, 5) is 32.4. The minimum atomic E-state index is -1.04. The van der Waals surface area contributed by atoms with E-state index in [1.165, 1.54) is 0 Å². The van der Waals surface area contributed by atoms with Gasteiger partial charge in [0.05, 0.1) is 44.8 Å². The van der Waals surface area contributed by atoms with Crippen LogP contribution < -0.4 is 0 Å². The van der Waals surface area contributed by atoms with Crippen LogP contribution in [-0.4, -0.2) is 44.6 Å². The molecule has 4 aliphatic rings. The smallest absolute Gasteiger partial charge is 0.261 e. The summed E-state index contributed by atoms with van der Waals surface area (Å²) < 4.78 is 14.7. The average molecular weight is 823 g/mol. The van der Waals surface area contributed by atoms with Gasteiger partial charge in [0.15, 0.2) is 11.2 Å². The van der Waals surface area contributed by atoms with Gasteiger partial charge in [-0.25, -0.2) is 19.7 Å². The minimum absolute atomic E-state index is 0.155. The molecule has 12 heteroatoms. The number of phenols is 2. The van der Waals surface area contributed by atoms with Crippen LogP contribution in [0.15, 0.2) is 84.9 Å². The van der Waals surface area contributed by atoms with Gasteiger partial charge in [0, 0.05) is 32.8 Å². The van der Waals surface area contributed by atoms with Gasteiger partial charge in [0.25, 0.3) is 11.6 Å². The number of aromatic nitrogens is 2. The Morgan fingerprint density at radius 3 is 1.22 bits per heavy atom. The highest BCUT2D eigenvalue weighted by atomic mass is 32.1. The molecular weight excluding hydrogens is 773 g/mol. The molecule has 4 fully saturated rings. The number of ether oxygens (including phenoxy) is 2. The van der Waals surface area contributed by atoms with Gasteiger partial charge in [-0.1, -0.05) is 106 Å². The van der Waals surface area contributed by atoms with Crippen LogP contribution in [-0.2, 0) is 40.6 Å². The second kappa shape index (κ2) is 12.8. The van der Waals surface area contributed by atoms with E-state index < -0.39 is 22.8 Å². The van der Waals surface area contributed by atoms with E-state index in [4.69, 9.17) is 29.0 Å². The summed E-state index contributed by atoms with van der Waals surface area (Å²) in [5, 5.41) is 23.3. The van der Waals surface area contributed by atoms with Crippen LogP contribution in [0.25, 0.3) is 41.6 Å². The second-order valence-electron chi connectivity index (χ2n) is 19.2. The maximum absolute atomic E-state index is 10.9. The van der Waals surface area contributed by atoms with Crippen molar-refractivity contribution in [1.82, 2.24) is 9.97 Å². The monoisotopic (exact) mass is 822 g/mol. The van der Waals surface area contributed by atoms with Crippen molar-refractivity contribution >= 4 is 43.1 Å². The number of para-hydroxylation sites is 2.